The molecule has 1 aliphatic heterocycles. The minimum absolute atomic E-state index is 0.135. The molecule has 17 heavy (non-hydrogen) atoms. The van der Waals surface area contributed by atoms with Gasteiger partial charge in [-0.25, -0.2) is 0 Å². The van der Waals surface area contributed by atoms with E-state index in [4.69, 9.17) is 5.73 Å². The summed E-state index contributed by atoms with van der Waals surface area (Å²) in [5.74, 6) is -0.757. The molecule has 4 N–H and O–H groups in total. The van der Waals surface area contributed by atoms with Gasteiger partial charge in [-0.1, -0.05) is 13.8 Å². The molecule has 0 aromatic carbocycles. The van der Waals surface area contributed by atoms with Crippen molar-refractivity contribution in [3.05, 3.63) is 0 Å². The number of nitrogens with one attached hydrogen (secondary N) is 2. The number of rotatable bonds is 5. The predicted octanol–water partition coefficient (Wildman–Crippen LogP) is -0.719. The lowest BCUT2D eigenvalue weighted by atomic mass is 10.0. The molecule has 6 heteroatoms. The van der Waals surface area contributed by atoms with Crippen molar-refractivity contribution in [1.29, 1.82) is 0 Å². The van der Waals surface area contributed by atoms with E-state index in [2.05, 4.69) is 10.6 Å². The summed E-state index contributed by atoms with van der Waals surface area (Å²) in [6.45, 7) is 3.89. The molecule has 3 amide bonds. The van der Waals surface area contributed by atoms with Crippen molar-refractivity contribution >= 4 is 17.7 Å². The Morgan fingerprint density at radius 3 is 2.59 bits per heavy atom. The molecular formula is C11H19N3O3. The van der Waals surface area contributed by atoms with Crippen molar-refractivity contribution < 1.29 is 14.4 Å². The fraction of sp³-hybridized carbons (Fsp3) is 0.727. The molecule has 6 nitrogen and oxygen atoms in total. The van der Waals surface area contributed by atoms with E-state index in [9.17, 15) is 14.4 Å². The Hall–Kier alpha value is -1.59. The van der Waals surface area contributed by atoms with E-state index in [1.54, 1.807) is 0 Å². The lowest BCUT2D eigenvalue weighted by Gasteiger charge is -2.19. The first-order chi connectivity index (χ1) is 7.90. The van der Waals surface area contributed by atoms with Gasteiger partial charge in [-0.15, -0.1) is 0 Å². The van der Waals surface area contributed by atoms with Crippen LogP contribution in [0.15, 0.2) is 0 Å². The van der Waals surface area contributed by atoms with Crippen molar-refractivity contribution in [2.24, 2.45) is 11.7 Å². The third kappa shape index (κ3) is 4.05. The molecule has 1 heterocycles. The largest absolute Gasteiger partial charge is 0.368 e. The smallest absolute Gasteiger partial charge is 0.243 e. The van der Waals surface area contributed by atoms with Gasteiger partial charge in [0, 0.05) is 6.42 Å². The van der Waals surface area contributed by atoms with E-state index >= 15 is 0 Å². The van der Waals surface area contributed by atoms with Crippen LogP contribution in [-0.4, -0.2) is 29.8 Å². The van der Waals surface area contributed by atoms with Crippen LogP contribution in [0.2, 0.25) is 0 Å². The summed E-state index contributed by atoms with van der Waals surface area (Å²) in [5.41, 5.74) is 5.22. The first-order valence-corrected chi connectivity index (χ1v) is 5.79. The Morgan fingerprint density at radius 1 is 1.53 bits per heavy atom. The lowest BCUT2D eigenvalue weighted by molar-refractivity contribution is -0.129. The number of nitrogens with two attached hydrogens (primary N) is 1. The second kappa shape index (κ2) is 5.65. The maximum atomic E-state index is 11.8. The van der Waals surface area contributed by atoms with Gasteiger partial charge in [0.15, 0.2) is 0 Å². The molecule has 0 aliphatic carbocycles. The molecule has 0 aromatic heterocycles. The second-order valence-electron chi connectivity index (χ2n) is 4.75. The van der Waals surface area contributed by atoms with Gasteiger partial charge in [-0.05, 0) is 18.8 Å². The molecule has 0 spiro atoms. The quantitative estimate of drug-likeness (QED) is 0.592. The minimum atomic E-state index is -0.667. The number of hydrogen-bond donors (Lipinski definition) is 3. The van der Waals surface area contributed by atoms with Crippen molar-refractivity contribution in [2.75, 3.05) is 0 Å². The molecular weight excluding hydrogens is 222 g/mol. The zero-order valence-electron chi connectivity index (χ0n) is 10.2. The molecule has 1 fully saturated rings. The first kappa shape index (κ1) is 13.5. The standard InChI is InChI=1S/C11H19N3O3/c1-6(2)5-8(10(12)16)14-11(17)7-3-4-9(15)13-7/h6-8H,3-5H2,1-2H3,(H2,12,16)(H,13,15)(H,14,17)/t7-,8+/m1/s1. The van der Waals surface area contributed by atoms with Crippen LogP contribution in [0.3, 0.4) is 0 Å². The van der Waals surface area contributed by atoms with Crippen LogP contribution in [0.5, 0.6) is 0 Å². The van der Waals surface area contributed by atoms with Crippen molar-refractivity contribution in [3.8, 4) is 0 Å². The minimum Gasteiger partial charge on any atom is -0.368 e. The highest BCUT2D eigenvalue weighted by atomic mass is 16.2. The first-order valence-electron chi connectivity index (χ1n) is 5.79. The third-order valence-corrected chi connectivity index (χ3v) is 2.68. The van der Waals surface area contributed by atoms with Crippen LogP contribution in [0.25, 0.3) is 0 Å². The summed E-state index contributed by atoms with van der Waals surface area (Å²) in [5, 5.41) is 5.13. The predicted molar refractivity (Wildman–Crippen MR) is 61.7 cm³/mol. The molecule has 1 rings (SSSR count). The molecule has 0 unspecified atom stereocenters. The molecule has 2 atom stereocenters. The maximum absolute atomic E-state index is 11.8. The highest BCUT2D eigenvalue weighted by molar-refractivity contribution is 5.93. The van der Waals surface area contributed by atoms with Gasteiger partial charge < -0.3 is 16.4 Å². The number of hydrogen-bond acceptors (Lipinski definition) is 3. The highest BCUT2D eigenvalue weighted by Crippen LogP contribution is 2.09. The Labute approximate surface area is 100 Å². The summed E-state index contributed by atoms with van der Waals surface area (Å²) in [4.78, 5) is 33.9. The van der Waals surface area contributed by atoms with Gasteiger partial charge >= 0.3 is 0 Å². The van der Waals surface area contributed by atoms with Crippen LogP contribution in [0.1, 0.15) is 33.1 Å². The average molecular weight is 241 g/mol. The van der Waals surface area contributed by atoms with Crippen molar-refractivity contribution in [3.63, 3.8) is 0 Å². The molecule has 0 radical (unpaired) electrons. The molecule has 0 aromatic rings. The highest BCUT2D eigenvalue weighted by Gasteiger charge is 2.29. The normalized spacial score (nSPS) is 21.1. The Morgan fingerprint density at radius 2 is 2.18 bits per heavy atom. The number of amides is 3. The fourth-order valence-electron chi connectivity index (χ4n) is 1.80. The van der Waals surface area contributed by atoms with E-state index in [0.717, 1.165) is 0 Å². The zero-order valence-corrected chi connectivity index (χ0v) is 10.2. The van der Waals surface area contributed by atoms with E-state index < -0.39 is 18.0 Å². The Balaban J connectivity index is 2.52. The summed E-state index contributed by atoms with van der Waals surface area (Å²) in [6, 6.07) is -1.20. The molecule has 0 bridgehead atoms. The summed E-state index contributed by atoms with van der Waals surface area (Å²) >= 11 is 0. The number of carbonyl (C=O) groups excluding carboxylic acids is 3. The monoisotopic (exact) mass is 241 g/mol. The van der Waals surface area contributed by atoms with E-state index in [1.807, 2.05) is 13.8 Å². The van der Waals surface area contributed by atoms with Crippen LogP contribution < -0.4 is 16.4 Å². The van der Waals surface area contributed by atoms with Crippen LogP contribution >= 0.6 is 0 Å². The second-order valence-corrected chi connectivity index (χ2v) is 4.75. The lowest BCUT2D eigenvalue weighted by Crippen LogP contribution is -2.51. The van der Waals surface area contributed by atoms with Crippen molar-refractivity contribution in [1.82, 2.24) is 10.6 Å². The molecule has 0 saturated carbocycles. The third-order valence-electron chi connectivity index (χ3n) is 2.68. The fourth-order valence-corrected chi connectivity index (χ4v) is 1.80. The summed E-state index contributed by atoms with van der Waals surface area (Å²) < 4.78 is 0. The SMILES string of the molecule is CC(C)C[C@H](NC(=O)[C@H]1CCC(=O)N1)C(N)=O. The summed E-state index contributed by atoms with van der Waals surface area (Å²) in [6.07, 6.45) is 1.32. The van der Waals surface area contributed by atoms with Gasteiger partial charge in [-0.2, -0.15) is 0 Å². The van der Waals surface area contributed by atoms with Crippen molar-refractivity contribution in [2.45, 2.75) is 45.2 Å². The van der Waals surface area contributed by atoms with E-state index in [1.165, 1.54) is 0 Å². The van der Waals surface area contributed by atoms with Gasteiger partial charge in [0.05, 0.1) is 0 Å². The molecule has 96 valence electrons. The van der Waals surface area contributed by atoms with E-state index in [-0.39, 0.29) is 17.7 Å². The van der Waals surface area contributed by atoms with E-state index in [0.29, 0.717) is 19.3 Å². The zero-order chi connectivity index (χ0) is 13.0. The van der Waals surface area contributed by atoms with Crippen LogP contribution in [-0.2, 0) is 14.4 Å². The van der Waals surface area contributed by atoms with Crippen LogP contribution in [0.4, 0.5) is 0 Å². The molecule has 1 aliphatic rings. The topological polar surface area (TPSA) is 101 Å². The van der Waals surface area contributed by atoms with Gasteiger partial charge in [0.1, 0.15) is 12.1 Å². The van der Waals surface area contributed by atoms with Crippen LogP contribution in [0, 0.1) is 5.92 Å². The summed E-state index contributed by atoms with van der Waals surface area (Å²) in [7, 11) is 0. The average Bonchev–Trinajstić information content (AvgIpc) is 2.63. The van der Waals surface area contributed by atoms with Gasteiger partial charge in [-0.3, -0.25) is 14.4 Å². The van der Waals surface area contributed by atoms with Gasteiger partial charge in [0.2, 0.25) is 17.7 Å². The Kier molecular flexibility index (Phi) is 4.48. The number of carbonyl (C=O) groups is 3. The maximum Gasteiger partial charge on any atom is 0.243 e. The van der Waals surface area contributed by atoms with Gasteiger partial charge in [0.25, 0.3) is 0 Å². The number of primary amides is 1. The molecule has 1 saturated heterocycles. The Bertz CT molecular complexity index is 328.